The molecule has 1 rings (SSSR count). The van der Waals surface area contributed by atoms with E-state index >= 15 is 0 Å². The molecule has 0 N–H and O–H groups in total. The molecule has 0 spiro atoms. The molecule has 1 atom stereocenters. The van der Waals surface area contributed by atoms with Crippen LogP contribution in [0, 0.1) is 0 Å². The van der Waals surface area contributed by atoms with Crippen molar-refractivity contribution >= 4 is 15.9 Å². The Bertz CT molecular complexity index is 67.3. The molecule has 1 nitrogen and oxygen atoms in total. The topological polar surface area (TPSA) is 9.23 Å². The first kappa shape index (κ1) is 7.55. The monoisotopic (exact) mass is 192 g/mol. The molecular formula is C7H13BrO. The molecule has 54 valence electrons. The number of ether oxygens (including phenoxy) is 1. The maximum absolute atomic E-state index is 5.51. The highest BCUT2D eigenvalue weighted by molar-refractivity contribution is 9.09. The van der Waals surface area contributed by atoms with Gasteiger partial charge in [0, 0.05) is 11.9 Å². The molecule has 1 unspecified atom stereocenters. The van der Waals surface area contributed by atoms with Crippen molar-refractivity contribution in [1.82, 2.24) is 0 Å². The van der Waals surface area contributed by atoms with E-state index in [4.69, 9.17) is 4.74 Å². The quantitative estimate of drug-likeness (QED) is 0.580. The molecule has 0 amide bonds. The van der Waals surface area contributed by atoms with E-state index in [1.807, 2.05) is 0 Å². The number of hydrogen-bond donors (Lipinski definition) is 0. The lowest BCUT2D eigenvalue weighted by molar-refractivity contribution is 0.0762. The van der Waals surface area contributed by atoms with Gasteiger partial charge in [-0.25, -0.2) is 0 Å². The zero-order valence-corrected chi connectivity index (χ0v) is 7.19. The van der Waals surface area contributed by atoms with Crippen LogP contribution >= 0.6 is 15.9 Å². The standard InChI is InChI=1S/C7H13BrO/c8-6-7-4-2-1-3-5-9-7/h7H,1-6H2. The molecule has 1 saturated heterocycles. The Morgan fingerprint density at radius 3 is 3.00 bits per heavy atom. The summed E-state index contributed by atoms with van der Waals surface area (Å²) in [5.74, 6) is 0. The Labute approximate surface area is 64.9 Å². The van der Waals surface area contributed by atoms with E-state index in [9.17, 15) is 0 Å². The van der Waals surface area contributed by atoms with Crippen LogP contribution in [0.15, 0.2) is 0 Å². The van der Waals surface area contributed by atoms with Crippen LogP contribution in [0.25, 0.3) is 0 Å². The second-order valence-corrected chi connectivity index (χ2v) is 3.14. The van der Waals surface area contributed by atoms with Crippen LogP contribution in [-0.4, -0.2) is 18.0 Å². The van der Waals surface area contributed by atoms with E-state index < -0.39 is 0 Å². The average molecular weight is 193 g/mol. The summed E-state index contributed by atoms with van der Waals surface area (Å²) in [5, 5.41) is 1.01. The summed E-state index contributed by atoms with van der Waals surface area (Å²) in [6, 6.07) is 0. The van der Waals surface area contributed by atoms with Crippen LogP contribution in [0.1, 0.15) is 25.7 Å². The normalized spacial score (nSPS) is 29.7. The Morgan fingerprint density at radius 2 is 2.22 bits per heavy atom. The van der Waals surface area contributed by atoms with Crippen molar-refractivity contribution in [3.63, 3.8) is 0 Å². The van der Waals surface area contributed by atoms with Gasteiger partial charge in [-0.2, -0.15) is 0 Å². The van der Waals surface area contributed by atoms with Crippen LogP contribution in [0.2, 0.25) is 0 Å². The van der Waals surface area contributed by atoms with Crippen LogP contribution in [-0.2, 0) is 4.74 Å². The molecule has 0 aromatic heterocycles. The molecule has 0 aromatic rings. The number of hydrogen-bond acceptors (Lipinski definition) is 1. The van der Waals surface area contributed by atoms with Crippen molar-refractivity contribution in [2.75, 3.05) is 11.9 Å². The Kier molecular flexibility index (Phi) is 3.59. The SMILES string of the molecule is BrCC1CCCCCO1. The molecule has 0 bridgehead atoms. The van der Waals surface area contributed by atoms with Crippen molar-refractivity contribution in [2.24, 2.45) is 0 Å². The van der Waals surface area contributed by atoms with Gasteiger partial charge in [-0.05, 0) is 12.8 Å². The summed E-state index contributed by atoms with van der Waals surface area (Å²) >= 11 is 3.42. The van der Waals surface area contributed by atoms with Crippen molar-refractivity contribution in [3.05, 3.63) is 0 Å². The lowest BCUT2D eigenvalue weighted by Crippen LogP contribution is -2.12. The summed E-state index contributed by atoms with van der Waals surface area (Å²) in [6.45, 7) is 0.969. The van der Waals surface area contributed by atoms with Gasteiger partial charge in [-0.3, -0.25) is 0 Å². The number of rotatable bonds is 1. The highest BCUT2D eigenvalue weighted by Crippen LogP contribution is 2.14. The van der Waals surface area contributed by atoms with E-state index in [1.54, 1.807) is 0 Å². The minimum atomic E-state index is 0.493. The maximum Gasteiger partial charge on any atom is 0.0671 e. The van der Waals surface area contributed by atoms with E-state index in [0.717, 1.165) is 11.9 Å². The number of halogens is 1. The molecule has 0 aliphatic carbocycles. The lowest BCUT2D eigenvalue weighted by atomic mass is 10.2. The van der Waals surface area contributed by atoms with Crippen molar-refractivity contribution in [3.8, 4) is 0 Å². The first-order chi connectivity index (χ1) is 4.43. The second kappa shape index (κ2) is 4.29. The van der Waals surface area contributed by atoms with Gasteiger partial charge in [-0.15, -0.1) is 0 Å². The Morgan fingerprint density at radius 1 is 1.33 bits per heavy atom. The fourth-order valence-corrected chi connectivity index (χ4v) is 1.62. The highest BCUT2D eigenvalue weighted by Gasteiger charge is 2.09. The average Bonchev–Trinajstić information content (AvgIpc) is 2.13. The minimum Gasteiger partial charge on any atom is -0.377 e. The van der Waals surface area contributed by atoms with Gasteiger partial charge < -0.3 is 4.74 Å². The van der Waals surface area contributed by atoms with Crippen molar-refractivity contribution < 1.29 is 4.74 Å². The zero-order valence-electron chi connectivity index (χ0n) is 5.61. The third-order valence-corrected chi connectivity index (χ3v) is 2.42. The largest absolute Gasteiger partial charge is 0.377 e. The predicted molar refractivity (Wildman–Crippen MR) is 42.0 cm³/mol. The predicted octanol–water partition coefficient (Wildman–Crippen LogP) is 2.34. The third-order valence-electron chi connectivity index (χ3n) is 1.70. The van der Waals surface area contributed by atoms with E-state index in [1.165, 1.54) is 25.7 Å². The summed E-state index contributed by atoms with van der Waals surface area (Å²) in [5.41, 5.74) is 0. The third kappa shape index (κ3) is 2.67. The molecule has 0 saturated carbocycles. The fourth-order valence-electron chi connectivity index (χ4n) is 1.11. The van der Waals surface area contributed by atoms with E-state index in [0.29, 0.717) is 6.10 Å². The number of alkyl halides is 1. The van der Waals surface area contributed by atoms with Gasteiger partial charge >= 0.3 is 0 Å². The van der Waals surface area contributed by atoms with E-state index in [2.05, 4.69) is 15.9 Å². The maximum atomic E-state index is 5.51. The van der Waals surface area contributed by atoms with Crippen molar-refractivity contribution in [2.45, 2.75) is 31.8 Å². The highest BCUT2D eigenvalue weighted by atomic mass is 79.9. The molecule has 1 aliphatic rings. The van der Waals surface area contributed by atoms with Gasteiger partial charge in [0.05, 0.1) is 6.10 Å². The van der Waals surface area contributed by atoms with Gasteiger partial charge in [0.25, 0.3) is 0 Å². The second-order valence-electron chi connectivity index (χ2n) is 2.50. The van der Waals surface area contributed by atoms with Crippen molar-refractivity contribution in [1.29, 1.82) is 0 Å². The summed E-state index contributed by atoms with van der Waals surface area (Å²) < 4.78 is 5.51. The molecule has 0 aromatic carbocycles. The Balaban J connectivity index is 2.18. The lowest BCUT2D eigenvalue weighted by Gasteiger charge is -2.09. The van der Waals surface area contributed by atoms with Crippen LogP contribution in [0.4, 0.5) is 0 Å². The molecule has 9 heavy (non-hydrogen) atoms. The molecule has 1 heterocycles. The van der Waals surface area contributed by atoms with E-state index in [-0.39, 0.29) is 0 Å². The molecule has 1 aliphatic heterocycles. The molecule has 0 radical (unpaired) electrons. The van der Waals surface area contributed by atoms with Gasteiger partial charge in [-0.1, -0.05) is 28.8 Å². The molecule has 2 heteroatoms. The first-order valence-corrected chi connectivity index (χ1v) is 4.73. The summed E-state index contributed by atoms with van der Waals surface area (Å²) in [7, 11) is 0. The summed E-state index contributed by atoms with van der Waals surface area (Å²) in [6.07, 6.45) is 5.68. The first-order valence-electron chi connectivity index (χ1n) is 3.61. The van der Waals surface area contributed by atoms with Gasteiger partial charge in [0.1, 0.15) is 0 Å². The summed E-state index contributed by atoms with van der Waals surface area (Å²) in [4.78, 5) is 0. The van der Waals surface area contributed by atoms with Gasteiger partial charge in [0.2, 0.25) is 0 Å². The zero-order chi connectivity index (χ0) is 6.53. The Hall–Kier alpha value is 0.440. The fraction of sp³-hybridized carbons (Fsp3) is 1.00. The smallest absolute Gasteiger partial charge is 0.0671 e. The minimum absolute atomic E-state index is 0.493. The molecular weight excluding hydrogens is 180 g/mol. The van der Waals surface area contributed by atoms with Crippen LogP contribution in [0.5, 0.6) is 0 Å². The van der Waals surface area contributed by atoms with Crippen LogP contribution in [0.3, 0.4) is 0 Å². The van der Waals surface area contributed by atoms with Crippen LogP contribution < -0.4 is 0 Å². The molecule has 1 fully saturated rings. The van der Waals surface area contributed by atoms with Gasteiger partial charge in [0.15, 0.2) is 0 Å².